The fourth-order valence-corrected chi connectivity index (χ4v) is 2.62. The molecular weight excluding hydrogens is 306 g/mol. The van der Waals surface area contributed by atoms with Gasteiger partial charge < -0.3 is 4.90 Å². The van der Waals surface area contributed by atoms with Crippen molar-refractivity contribution in [3.05, 3.63) is 101 Å². The second kappa shape index (κ2) is 7.12. The Hall–Kier alpha value is -2.58. The van der Waals surface area contributed by atoms with E-state index in [2.05, 4.69) is 0 Å². The number of hydrogen-bond donors (Lipinski definition) is 0. The molecule has 0 bridgehead atoms. The molecule has 0 heterocycles. The van der Waals surface area contributed by atoms with E-state index in [4.69, 9.17) is 11.6 Å². The van der Waals surface area contributed by atoms with Gasteiger partial charge in [0.1, 0.15) is 0 Å². The van der Waals surface area contributed by atoms with Crippen molar-refractivity contribution < 1.29 is 4.79 Å². The lowest BCUT2D eigenvalue weighted by Gasteiger charge is -2.23. The maximum atomic E-state index is 13.0. The summed E-state index contributed by atoms with van der Waals surface area (Å²) in [5.41, 5.74) is 2.52. The summed E-state index contributed by atoms with van der Waals surface area (Å²) < 4.78 is 0. The van der Waals surface area contributed by atoms with Crippen molar-refractivity contribution in [2.75, 3.05) is 4.90 Å². The molecule has 3 aromatic carbocycles. The molecule has 0 saturated heterocycles. The Bertz CT molecular complexity index is 787. The molecule has 0 saturated carbocycles. The van der Waals surface area contributed by atoms with Crippen molar-refractivity contribution in [2.45, 2.75) is 6.54 Å². The summed E-state index contributed by atoms with van der Waals surface area (Å²) in [7, 11) is 0. The normalized spacial score (nSPS) is 10.3. The maximum Gasteiger partial charge on any atom is 0.258 e. The van der Waals surface area contributed by atoms with E-state index in [0.717, 1.165) is 11.3 Å². The third-order valence-electron chi connectivity index (χ3n) is 3.57. The quantitative estimate of drug-likeness (QED) is 0.647. The fourth-order valence-electron chi connectivity index (χ4n) is 2.43. The zero-order chi connectivity index (χ0) is 16.1. The van der Waals surface area contributed by atoms with E-state index in [1.54, 1.807) is 29.2 Å². The Morgan fingerprint density at radius 3 is 2.13 bits per heavy atom. The Labute approximate surface area is 141 Å². The molecule has 3 heteroatoms. The highest BCUT2D eigenvalue weighted by atomic mass is 35.5. The van der Waals surface area contributed by atoms with Crippen LogP contribution < -0.4 is 4.90 Å². The fraction of sp³-hybridized carbons (Fsp3) is 0.0500. The number of carbonyl (C=O) groups is 1. The number of rotatable bonds is 4. The minimum Gasteiger partial charge on any atom is -0.304 e. The summed E-state index contributed by atoms with van der Waals surface area (Å²) >= 11 is 6.03. The molecule has 0 fully saturated rings. The first kappa shape index (κ1) is 15.3. The lowest BCUT2D eigenvalue weighted by Crippen LogP contribution is -2.30. The molecule has 0 aliphatic carbocycles. The number of amides is 1. The van der Waals surface area contributed by atoms with Crippen LogP contribution in [0.5, 0.6) is 0 Å². The highest BCUT2D eigenvalue weighted by Crippen LogP contribution is 2.21. The molecule has 0 aliphatic rings. The largest absolute Gasteiger partial charge is 0.304 e. The topological polar surface area (TPSA) is 20.3 Å². The molecule has 3 aromatic rings. The monoisotopic (exact) mass is 321 g/mol. The van der Waals surface area contributed by atoms with E-state index in [1.165, 1.54) is 0 Å². The van der Waals surface area contributed by atoms with Crippen molar-refractivity contribution in [3.8, 4) is 0 Å². The van der Waals surface area contributed by atoms with Gasteiger partial charge in [-0.05, 0) is 35.9 Å². The molecule has 2 nitrogen and oxygen atoms in total. The second-order valence-corrected chi connectivity index (χ2v) is 5.66. The van der Waals surface area contributed by atoms with Crippen LogP contribution in [0.2, 0.25) is 5.02 Å². The second-order valence-electron chi connectivity index (χ2n) is 5.22. The molecule has 0 atom stereocenters. The van der Waals surface area contributed by atoms with Gasteiger partial charge in [-0.15, -0.1) is 0 Å². The summed E-state index contributed by atoms with van der Waals surface area (Å²) in [5, 5.41) is 0.559. The molecule has 0 radical (unpaired) electrons. The van der Waals surface area contributed by atoms with Gasteiger partial charge in [-0.1, -0.05) is 66.2 Å². The van der Waals surface area contributed by atoms with Crippen LogP contribution in [0.15, 0.2) is 84.9 Å². The van der Waals surface area contributed by atoms with Crippen molar-refractivity contribution in [1.82, 2.24) is 0 Å². The third-order valence-corrected chi connectivity index (χ3v) is 3.80. The smallest absolute Gasteiger partial charge is 0.258 e. The number of hydrogen-bond acceptors (Lipinski definition) is 1. The van der Waals surface area contributed by atoms with E-state index in [1.807, 2.05) is 60.7 Å². The summed E-state index contributed by atoms with van der Waals surface area (Å²) in [5.74, 6) is -0.0671. The molecule has 0 aromatic heterocycles. The molecule has 23 heavy (non-hydrogen) atoms. The Morgan fingerprint density at radius 1 is 0.826 bits per heavy atom. The van der Waals surface area contributed by atoms with E-state index in [-0.39, 0.29) is 5.91 Å². The SMILES string of the molecule is O=C(c1cccc(Cl)c1)N(Cc1ccccc1)c1ccccc1. The minimum absolute atomic E-state index is 0.0671. The van der Waals surface area contributed by atoms with E-state index in [9.17, 15) is 4.79 Å². The lowest BCUT2D eigenvalue weighted by atomic mass is 10.1. The molecule has 0 spiro atoms. The van der Waals surface area contributed by atoms with Crippen molar-refractivity contribution in [1.29, 1.82) is 0 Å². The molecule has 0 N–H and O–H groups in total. The summed E-state index contributed by atoms with van der Waals surface area (Å²) in [6, 6.07) is 26.7. The summed E-state index contributed by atoms with van der Waals surface area (Å²) in [6.45, 7) is 0.510. The van der Waals surface area contributed by atoms with Gasteiger partial charge in [0.2, 0.25) is 0 Å². The standard InChI is InChI=1S/C20H16ClNO/c21-18-11-7-10-17(14-18)20(23)22(19-12-5-2-6-13-19)15-16-8-3-1-4-9-16/h1-14H,15H2. The van der Waals surface area contributed by atoms with Gasteiger partial charge >= 0.3 is 0 Å². The molecule has 1 amide bonds. The van der Waals surface area contributed by atoms with Gasteiger partial charge in [-0.2, -0.15) is 0 Å². The van der Waals surface area contributed by atoms with Gasteiger partial charge in [-0.25, -0.2) is 0 Å². The predicted octanol–water partition coefficient (Wildman–Crippen LogP) is 5.19. The van der Waals surface area contributed by atoms with Crippen LogP contribution in [0.1, 0.15) is 15.9 Å². The number of halogens is 1. The van der Waals surface area contributed by atoms with Crippen LogP contribution in [0, 0.1) is 0 Å². The summed E-state index contributed by atoms with van der Waals surface area (Å²) in [6.07, 6.45) is 0. The summed E-state index contributed by atoms with van der Waals surface area (Å²) in [4.78, 5) is 14.7. The average molecular weight is 322 g/mol. The molecule has 114 valence electrons. The molecule has 3 rings (SSSR count). The lowest BCUT2D eigenvalue weighted by molar-refractivity contribution is 0.0985. The maximum absolute atomic E-state index is 13.0. The predicted molar refractivity (Wildman–Crippen MR) is 94.8 cm³/mol. The van der Waals surface area contributed by atoms with E-state index < -0.39 is 0 Å². The minimum atomic E-state index is -0.0671. The van der Waals surface area contributed by atoms with Crippen molar-refractivity contribution in [3.63, 3.8) is 0 Å². The molecule has 0 aliphatic heterocycles. The van der Waals surface area contributed by atoms with Crippen molar-refractivity contribution in [2.24, 2.45) is 0 Å². The zero-order valence-corrected chi connectivity index (χ0v) is 13.3. The first-order chi connectivity index (χ1) is 11.2. The van der Waals surface area contributed by atoms with E-state index in [0.29, 0.717) is 17.1 Å². The van der Waals surface area contributed by atoms with Gasteiger partial charge in [0.25, 0.3) is 5.91 Å². The van der Waals surface area contributed by atoms with Crippen LogP contribution in [-0.2, 0) is 6.54 Å². The van der Waals surface area contributed by atoms with Gasteiger partial charge in [-0.3, -0.25) is 4.79 Å². The number of para-hydroxylation sites is 1. The van der Waals surface area contributed by atoms with Gasteiger partial charge in [0, 0.05) is 16.3 Å². The third kappa shape index (κ3) is 3.79. The first-order valence-electron chi connectivity index (χ1n) is 7.40. The highest BCUT2D eigenvalue weighted by molar-refractivity contribution is 6.31. The zero-order valence-electron chi connectivity index (χ0n) is 12.5. The first-order valence-corrected chi connectivity index (χ1v) is 7.78. The van der Waals surface area contributed by atoms with Crippen LogP contribution in [0.3, 0.4) is 0 Å². The van der Waals surface area contributed by atoms with Crippen LogP contribution in [-0.4, -0.2) is 5.91 Å². The number of benzene rings is 3. The van der Waals surface area contributed by atoms with Crippen LogP contribution in [0.25, 0.3) is 0 Å². The molecular formula is C20H16ClNO. The Kier molecular flexibility index (Phi) is 4.74. The van der Waals surface area contributed by atoms with Gasteiger partial charge in [0.05, 0.1) is 6.54 Å². The molecule has 0 unspecified atom stereocenters. The highest BCUT2D eigenvalue weighted by Gasteiger charge is 2.18. The van der Waals surface area contributed by atoms with Crippen LogP contribution >= 0.6 is 11.6 Å². The average Bonchev–Trinajstić information content (AvgIpc) is 2.61. The number of carbonyl (C=O) groups excluding carboxylic acids is 1. The Morgan fingerprint density at radius 2 is 1.48 bits per heavy atom. The van der Waals surface area contributed by atoms with Gasteiger partial charge in [0.15, 0.2) is 0 Å². The Balaban J connectivity index is 1.96. The van der Waals surface area contributed by atoms with E-state index >= 15 is 0 Å². The number of nitrogens with zero attached hydrogens (tertiary/aromatic N) is 1. The van der Waals surface area contributed by atoms with Crippen molar-refractivity contribution >= 4 is 23.2 Å². The number of anilines is 1. The van der Waals surface area contributed by atoms with Crippen LogP contribution in [0.4, 0.5) is 5.69 Å².